The van der Waals surface area contributed by atoms with Crippen LogP contribution in [0.3, 0.4) is 0 Å². The molecule has 0 atom stereocenters. The molecule has 4 bridgehead atoms. The lowest BCUT2D eigenvalue weighted by molar-refractivity contribution is -0.390. The Hall–Kier alpha value is -0.850. The lowest BCUT2D eigenvalue weighted by Crippen LogP contribution is -2.59. The Bertz CT molecular complexity index is 733. The van der Waals surface area contributed by atoms with Crippen LogP contribution in [0.1, 0.15) is 75.7 Å². The van der Waals surface area contributed by atoms with Gasteiger partial charge in [-0.1, -0.05) is 12.1 Å². The second-order valence-electron chi connectivity index (χ2n) is 10.5. The molecule has 0 aromatic heterocycles. The summed E-state index contributed by atoms with van der Waals surface area (Å²) in [5.41, 5.74) is 6.92. The van der Waals surface area contributed by atoms with Crippen LogP contribution in [0, 0.1) is 23.7 Å². The summed E-state index contributed by atoms with van der Waals surface area (Å²) in [5.74, 6) is 3.41. The second kappa shape index (κ2) is 8.49. The van der Waals surface area contributed by atoms with Crippen LogP contribution in [-0.4, -0.2) is 24.7 Å². The van der Waals surface area contributed by atoms with E-state index < -0.39 is 11.6 Å². The number of ether oxygens (including phenoxy) is 2. The Morgan fingerprint density at radius 1 is 0.903 bits per heavy atom. The molecule has 6 heteroatoms. The van der Waals surface area contributed by atoms with Crippen LogP contribution in [0.25, 0.3) is 0 Å². The normalized spacial score (nSPS) is 42.8. The van der Waals surface area contributed by atoms with E-state index in [0.717, 1.165) is 49.7 Å². The Labute approximate surface area is 191 Å². The zero-order valence-electron chi connectivity index (χ0n) is 18.3. The Kier molecular flexibility index (Phi) is 6.02. The van der Waals surface area contributed by atoms with E-state index >= 15 is 0 Å². The highest BCUT2D eigenvalue weighted by Crippen LogP contribution is 2.64. The van der Waals surface area contributed by atoms with E-state index in [1.165, 1.54) is 37.7 Å². The number of benzene rings is 1. The molecule has 31 heavy (non-hydrogen) atoms. The van der Waals surface area contributed by atoms with Crippen molar-refractivity contribution in [1.82, 2.24) is 0 Å². The van der Waals surface area contributed by atoms with Gasteiger partial charge in [-0.2, -0.15) is 9.78 Å². The number of halogens is 1. The minimum Gasteiger partial charge on any atom is -0.494 e. The first kappa shape index (κ1) is 22.0. The van der Waals surface area contributed by atoms with Gasteiger partial charge in [0.15, 0.2) is 0 Å². The molecule has 0 unspecified atom stereocenters. The topological polar surface area (TPSA) is 62.9 Å². The summed E-state index contributed by atoms with van der Waals surface area (Å²) in [4.78, 5) is 12.2. The van der Waals surface area contributed by atoms with E-state index in [-0.39, 0.29) is 12.4 Å². The van der Waals surface area contributed by atoms with Crippen LogP contribution < -0.4 is 10.5 Å². The van der Waals surface area contributed by atoms with Gasteiger partial charge in [0.2, 0.25) is 11.6 Å². The number of nitrogens with two attached hydrogens (primary N) is 1. The third kappa shape index (κ3) is 3.80. The largest absolute Gasteiger partial charge is 0.494 e. The average molecular weight is 450 g/mol. The summed E-state index contributed by atoms with van der Waals surface area (Å²) < 4.78 is 12.6. The summed E-state index contributed by atoms with van der Waals surface area (Å²) >= 11 is 0. The zero-order chi connectivity index (χ0) is 20.2. The first-order chi connectivity index (χ1) is 14.7. The molecule has 2 N–H and O–H groups in total. The van der Waals surface area contributed by atoms with Crippen molar-refractivity contribution in [3.8, 4) is 5.75 Å². The molecule has 0 radical (unpaired) electrons. The summed E-state index contributed by atoms with van der Waals surface area (Å²) in [6.45, 7) is 1.35. The van der Waals surface area contributed by atoms with Crippen molar-refractivity contribution in [2.45, 2.75) is 81.7 Å². The molecule has 6 aliphatic rings. The molecule has 172 valence electrons. The molecule has 1 heterocycles. The molecule has 1 aromatic rings. The van der Waals surface area contributed by atoms with Gasteiger partial charge in [0.05, 0.1) is 6.61 Å². The quantitative estimate of drug-likeness (QED) is 0.486. The molecule has 2 spiro atoms. The van der Waals surface area contributed by atoms with E-state index in [4.69, 9.17) is 25.0 Å². The van der Waals surface area contributed by atoms with Gasteiger partial charge < -0.3 is 15.2 Å². The van der Waals surface area contributed by atoms with Crippen LogP contribution >= 0.6 is 12.4 Å². The van der Waals surface area contributed by atoms with Gasteiger partial charge in [-0.15, -0.1) is 12.4 Å². The highest BCUT2D eigenvalue weighted by molar-refractivity contribution is 5.85. The Balaban J connectivity index is 0.00000204. The monoisotopic (exact) mass is 449 g/mol. The minimum atomic E-state index is -0.517. The molecule has 0 amide bonds. The highest BCUT2D eigenvalue weighted by atomic mass is 35.5. The van der Waals surface area contributed by atoms with Gasteiger partial charge >= 0.3 is 0 Å². The Morgan fingerprint density at radius 3 is 2.16 bits per heavy atom. The zero-order valence-corrected chi connectivity index (χ0v) is 19.1. The molecule has 1 saturated heterocycles. The van der Waals surface area contributed by atoms with Crippen molar-refractivity contribution in [3.05, 3.63) is 29.8 Å². The highest BCUT2D eigenvalue weighted by Gasteiger charge is 2.66. The molecule has 1 aliphatic heterocycles. The minimum absolute atomic E-state index is 0. The maximum Gasteiger partial charge on any atom is 0.210 e. The van der Waals surface area contributed by atoms with Gasteiger partial charge in [-0.3, -0.25) is 0 Å². The lowest BCUT2D eigenvalue weighted by atomic mass is 9.53. The molecular weight excluding hydrogens is 414 g/mol. The van der Waals surface area contributed by atoms with E-state index in [9.17, 15) is 0 Å². The Morgan fingerprint density at radius 2 is 1.55 bits per heavy atom. The van der Waals surface area contributed by atoms with Gasteiger partial charge in [0.25, 0.3) is 0 Å². The van der Waals surface area contributed by atoms with Crippen molar-refractivity contribution in [2.75, 3.05) is 13.2 Å². The van der Waals surface area contributed by atoms with Gasteiger partial charge in [0, 0.05) is 24.7 Å². The van der Waals surface area contributed by atoms with Gasteiger partial charge in [-0.25, -0.2) is 0 Å². The first-order valence-corrected chi connectivity index (χ1v) is 12.2. The molecule has 5 saturated carbocycles. The predicted molar refractivity (Wildman–Crippen MR) is 120 cm³/mol. The van der Waals surface area contributed by atoms with Crippen LogP contribution in [0.5, 0.6) is 5.75 Å². The average Bonchev–Trinajstić information content (AvgIpc) is 3.13. The summed E-state index contributed by atoms with van der Waals surface area (Å²) in [6.07, 6.45) is 11.4. The predicted octanol–water partition coefficient (Wildman–Crippen LogP) is 5.32. The number of hydrogen-bond acceptors (Lipinski definition) is 5. The van der Waals surface area contributed by atoms with Crippen molar-refractivity contribution < 1.29 is 19.2 Å². The molecule has 1 aromatic carbocycles. The number of rotatable bonds is 5. The molecule has 5 nitrogen and oxygen atoms in total. The van der Waals surface area contributed by atoms with Crippen molar-refractivity contribution in [1.29, 1.82) is 0 Å². The maximum absolute atomic E-state index is 6.84. The fourth-order valence-electron chi connectivity index (χ4n) is 7.30. The fraction of sp³-hybridized carbons (Fsp3) is 0.760. The second-order valence-corrected chi connectivity index (χ2v) is 10.5. The van der Waals surface area contributed by atoms with E-state index in [0.29, 0.717) is 30.9 Å². The smallest absolute Gasteiger partial charge is 0.210 e. The fourth-order valence-corrected chi connectivity index (χ4v) is 7.30. The van der Waals surface area contributed by atoms with E-state index in [1.807, 2.05) is 0 Å². The summed E-state index contributed by atoms with van der Waals surface area (Å²) in [6, 6.07) is 8.61. The summed E-state index contributed by atoms with van der Waals surface area (Å²) in [5, 5.41) is 0. The maximum atomic E-state index is 6.84. The van der Waals surface area contributed by atoms with Crippen LogP contribution in [0.2, 0.25) is 0 Å². The van der Waals surface area contributed by atoms with E-state index in [1.54, 1.807) is 0 Å². The van der Waals surface area contributed by atoms with Crippen LogP contribution in [0.4, 0.5) is 0 Å². The molecule has 7 rings (SSSR count). The molecular formula is C25H36ClNO4. The number of hydrogen-bond donors (Lipinski definition) is 1. The van der Waals surface area contributed by atoms with Crippen LogP contribution in [-0.2, 0) is 14.5 Å². The molecule has 5 aliphatic carbocycles. The molecule has 6 fully saturated rings. The lowest BCUT2D eigenvalue weighted by Gasteiger charge is -2.57. The third-order valence-electron chi connectivity index (χ3n) is 8.66. The SMILES string of the molecule is Cl.NCCCOc1ccc(C2CCC3(CC2)OOC2(O3)C3CC4CC(C3)CC2C4)cc1. The third-order valence-corrected chi connectivity index (χ3v) is 8.66. The van der Waals surface area contributed by atoms with Gasteiger partial charge in [0.1, 0.15) is 5.75 Å². The van der Waals surface area contributed by atoms with Gasteiger partial charge in [-0.05, 0) is 93.4 Å². The van der Waals surface area contributed by atoms with Crippen LogP contribution in [0.15, 0.2) is 24.3 Å². The van der Waals surface area contributed by atoms with Crippen molar-refractivity contribution in [2.24, 2.45) is 29.4 Å². The summed E-state index contributed by atoms with van der Waals surface area (Å²) in [7, 11) is 0. The van der Waals surface area contributed by atoms with E-state index in [2.05, 4.69) is 24.3 Å². The first-order valence-electron chi connectivity index (χ1n) is 12.2. The van der Waals surface area contributed by atoms with Crippen molar-refractivity contribution >= 4 is 12.4 Å². The van der Waals surface area contributed by atoms with Crippen molar-refractivity contribution in [3.63, 3.8) is 0 Å². The standard InChI is InChI=1S/C25H35NO4.ClH/c26-10-1-11-27-23-4-2-19(3-5-23)20-6-8-24(9-7-20)28-25(30-29-24)21-13-17-12-18(15-21)16-22(25)14-17;/h2-5,17-18,20-22H,1,6-16,26H2;1H.